The first-order chi connectivity index (χ1) is 6.16. The molecule has 0 aliphatic rings. The summed E-state index contributed by atoms with van der Waals surface area (Å²) in [5.41, 5.74) is 4.82. The highest BCUT2D eigenvalue weighted by Gasteiger charge is 1.99. The van der Waals surface area contributed by atoms with E-state index >= 15 is 0 Å². The molecule has 0 saturated carbocycles. The topological polar surface area (TPSA) is 96.0 Å². The molecule has 0 saturated heterocycles. The first-order valence-corrected chi connectivity index (χ1v) is 4.08. The Morgan fingerprint density at radius 1 is 1.38 bits per heavy atom. The van der Waals surface area contributed by atoms with Crippen molar-refractivity contribution in [1.82, 2.24) is 5.32 Å². The van der Waals surface area contributed by atoms with Crippen LogP contribution in [0, 0.1) is 11.3 Å². The molecule has 2 amide bonds. The highest BCUT2D eigenvalue weighted by Crippen LogP contribution is 1.97. The number of nitrogens with one attached hydrogen (secondary N) is 1. The smallest absolute Gasteiger partial charge is 0.312 e. The lowest BCUT2D eigenvalue weighted by Crippen LogP contribution is -2.30. The van der Waals surface area contributed by atoms with Gasteiger partial charge >= 0.3 is 6.03 Å². The van der Waals surface area contributed by atoms with Gasteiger partial charge in [-0.3, -0.25) is 4.79 Å². The van der Waals surface area contributed by atoms with E-state index in [2.05, 4.69) is 5.32 Å². The van der Waals surface area contributed by atoms with Crippen LogP contribution in [0.5, 0.6) is 0 Å². The summed E-state index contributed by atoms with van der Waals surface area (Å²) in [6.07, 6.45) is 1.76. The lowest BCUT2D eigenvalue weighted by molar-refractivity contribution is -0.118. The molecule has 0 aromatic rings. The maximum Gasteiger partial charge on any atom is 0.312 e. The van der Waals surface area contributed by atoms with Crippen LogP contribution in [0.15, 0.2) is 0 Å². The molecule has 5 heteroatoms. The van der Waals surface area contributed by atoms with Gasteiger partial charge < -0.3 is 11.1 Å². The van der Waals surface area contributed by atoms with Gasteiger partial charge in [-0.25, -0.2) is 4.79 Å². The molecule has 0 atom stereocenters. The summed E-state index contributed by atoms with van der Waals surface area (Å²) in [6.45, 7) is 0.481. The third-order valence-electron chi connectivity index (χ3n) is 1.46. The molecule has 3 N–H and O–H groups in total. The molecule has 13 heavy (non-hydrogen) atoms. The predicted octanol–water partition coefficient (Wildman–Crippen LogP) is 0.308. The zero-order valence-corrected chi connectivity index (χ0v) is 7.38. The molecule has 0 spiro atoms. The Kier molecular flexibility index (Phi) is 6.24. The van der Waals surface area contributed by atoms with Crippen molar-refractivity contribution >= 4 is 11.8 Å². The number of nitrogens with two attached hydrogens (primary N) is 1. The van der Waals surface area contributed by atoms with Crippen molar-refractivity contribution in [3.63, 3.8) is 0 Å². The summed E-state index contributed by atoms with van der Waals surface area (Å²) < 4.78 is 0. The van der Waals surface area contributed by atoms with Gasteiger partial charge in [-0.1, -0.05) is 0 Å². The Hall–Kier alpha value is -1.57. The number of urea groups is 1. The number of hydrogen-bond acceptors (Lipinski definition) is 3. The van der Waals surface area contributed by atoms with E-state index in [1.54, 1.807) is 6.07 Å². The molecule has 0 fully saturated rings. The number of ketones is 1. The van der Waals surface area contributed by atoms with Crippen molar-refractivity contribution in [1.29, 1.82) is 5.26 Å². The molecule has 0 unspecified atom stereocenters. The summed E-state index contributed by atoms with van der Waals surface area (Å²) in [4.78, 5) is 21.0. The van der Waals surface area contributed by atoms with Crippen LogP contribution in [0.4, 0.5) is 4.79 Å². The van der Waals surface area contributed by atoms with Gasteiger partial charge in [-0.05, 0) is 12.8 Å². The molecule has 0 aliphatic heterocycles. The Morgan fingerprint density at radius 2 is 2.08 bits per heavy atom. The van der Waals surface area contributed by atoms with Crippen molar-refractivity contribution in [2.75, 3.05) is 6.54 Å². The zero-order valence-electron chi connectivity index (χ0n) is 7.38. The van der Waals surface area contributed by atoms with Crippen molar-refractivity contribution in [2.24, 2.45) is 5.73 Å². The van der Waals surface area contributed by atoms with Gasteiger partial charge in [0.05, 0.1) is 12.5 Å². The summed E-state index contributed by atoms with van der Waals surface area (Å²) in [7, 11) is 0. The monoisotopic (exact) mass is 183 g/mol. The normalized spacial score (nSPS) is 8.85. The molecular weight excluding hydrogens is 170 g/mol. The van der Waals surface area contributed by atoms with Crippen molar-refractivity contribution in [3.8, 4) is 6.07 Å². The number of unbranched alkanes of at least 4 members (excludes halogenated alkanes) is 1. The largest absolute Gasteiger partial charge is 0.352 e. The predicted molar refractivity (Wildman–Crippen MR) is 46.7 cm³/mol. The lowest BCUT2D eigenvalue weighted by Gasteiger charge is -1.99. The van der Waals surface area contributed by atoms with E-state index in [1.807, 2.05) is 0 Å². The van der Waals surface area contributed by atoms with Crippen LogP contribution >= 0.6 is 0 Å². The van der Waals surface area contributed by atoms with Crippen molar-refractivity contribution in [3.05, 3.63) is 0 Å². The van der Waals surface area contributed by atoms with Crippen LogP contribution in [0.3, 0.4) is 0 Å². The first kappa shape index (κ1) is 11.4. The molecule has 5 nitrogen and oxygen atoms in total. The number of carbonyl (C=O) groups excluding carboxylic acids is 2. The van der Waals surface area contributed by atoms with Crippen molar-refractivity contribution < 1.29 is 9.59 Å². The second kappa shape index (κ2) is 7.10. The molecule has 0 rings (SSSR count). The minimum atomic E-state index is -0.552. The molecule has 0 aromatic heterocycles. The highest BCUT2D eigenvalue weighted by atomic mass is 16.2. The first-order valence-electron chi connectivity index (χ1n) is 4.08. The standard InChI is InChI=1S/C8H13N3O2/c9-5-4-7(12)3-1-2-6-11-8(10)13/h1-4,6H2,(H3,10,11,13). The van der Waals surface area contributed by atoms with E-state index in [0.717, 1.165) is 0 Å². The number of carbonyl (C=O) groups is 2. The minimum Gasteiger partial charge on any atom is -0.352 e. The number of hydrogen-bond donors (Lipinski definition) is 2. The highest BCUT2D eigenvalue weighted by molar-refractivity contribution is 5.80. The summed E-state index contributed by atoms with van der Waals surface area (Å²) in [5, 5.41) is 10.6. The molecule has 72 valence electrons. The maximum atomic E-state index is 10.8. The number of Topliss-reactive ketones (excluding diaryl/α,β-unsaturated/α-hetero) is 1. The van der Waals surface area contributed by atoms with Gasteiger partial charge in [0.15, 0.2) is 0 Å². The van der Waals surface area contributed by atoms with Crippen LogP contribution in [-0.4, -0.2) is 18.4 Å². The molecular formula is C8H13N3O2. The van der Waals surface area contributed by atoms with Gasteiger partial charge in [0.25, 0.3) is 0 Å². The van der Waals surface area contributed by atoms with Crippen LogP contribution in [0.1, 0.15) is 25.7 Å². The van der Waals surface area contributed by atoms with Crippen molar-refractivity contribution in [2.45, 2.75) is 25.7 Å². The average Bonchev–Trinajstić information content (AvgIpc) is 2.03. The number of primary amides is 1. The van der Waals surface area contributed by atoms with E-state index in [0.29, 0.717) is 25.8 Å². The van der Waals surface area contributed by atoms with E-state index < -0.39 is 6.03 Å². The number of rotatable bonds is 6. The maximum absolute atomic E-state index is 10.8. The fourth-order valence-corrected chi connectivity index (χ4v) is 0.835. The minimum absolute atomic E-state index is 0.0246. The molecule has 0 aliphatic carbocycles. The van der Waals surface area contributed by atoms with E-state index in [4.69, 9.17) is 11.0 Å². The SMILES string of the molecule is N#CCC(=O)CCCCNC(N)=O. The second-order valence-electron chi connectivity index (χ2n) is 2.62. The lowest BCUT2D eigenvalue weighted by atomic mass is 10.1. The van der Waals surface area contributed by atoms with Crippen LogP contribution in [-0.2, 0) is 4.79 Å². The summed E-state index contributed by atoms with van der Waals surface area (Å²) in [5.74, 6) is -0.0541. The number of amides is 2. The molecule has 0 heterocycles. The average molecular weight is 183 g/mol. The Balaban J connectivity index is 3.22. The fourth-order valence-electron chi connectivity index (χ4n) is 0.835. The molecule has 0 aromatic carbocycles. The number of nitriles is 1. The van der Waals surface area contributed by atoms with Gasteiger partial charge in [0.2, 0.25) is 0 Å². The Bertz CT molecular complexity index is 220. The van der Waals surface area contributed by atoms with E-state index in [9.17, 15) is 9.59 Å². The van der Waals surface area contributed by atoms with Gasteiger partial charge in [-0.15, -0.1) is 0 Å². The Morgan fingerprint density at radius 3 is 2.62 bits per heavy atom. The number of nitrogens with zero attached hydrogens (tertiary/aromatic N) is 1. The van der Waals surface area contributed by atoms with Gasteiger partial charge in [-0.2, -0.15) is 5.26 Å². The second-order valence-corrected chi connectivity index (χ2v) is 2.62. The van der Waals surface area contributed by atoms with Crippen LogP contribution in [0.2, 0.25) is 0 Å². The summed E-state index contributed by atoms with van der Waals surface area (Å²) in [6, 6.07) is 1.23. The third kappa shape index (κ3) is 8.34. The molecule has 0 bridgehead atoms. The van der Waals surface area contributed by atoms with Crippen LogP contribution < -0.4 is 11.1 Å². The van der Waals surface area contributed by atoms with Crippen LogP contribution in [0.25, 0.3) is 0 Å². The van der Waals surface area contributed by atoms with E-state index in [1.165, 1.54) is 0 Å². The van der Waals surface area contributed by atoms with Gasteiger partial charge in [0, 0.05) is 13.0 Å². The third-order valence-corrected chi connectivity index (χ3v) is 1.46. The summed E-state index contributed by atoms with van der Waals surface area (Å²) >= 11 is 0. The fraction of sp³-hybridized carbons (Fsp3) is 0.625. The van der Waals surface area contributed by atoms with Gasteiger partial charge in [0.1, 0.15) is 5.78 Å². The quantitative estimate of drug-likeness (QED) is 0.580. The Labute approximate surface area is 76.9 Å². The molecule has 0 radical (unpaired) electrons. The van der Waals surface area contributed by atoms with E-state index in [-0.39, 0.29) is 12.2 Å². The zero-order chi connectivity index (χ0) is 10.1.